The first-order valence-corrected chi connectivity index (χ1v) is 8.31. The van der Waals surface area contributed by atoms with E-state index >= 15 is 0 Å². The topological polar surface area (TPSA) is 12.0 Å². The van der Waals surface area contributed by atoms with E-state index in [0.717, 1.165) is 38.8 Å². The van der Waals surface area contributed by atoms with E-state index in [1.807, 2.05) is 0 Å². The molecule has 1 nitrogen and oxygen atoms in total. The van der Waals surface area contributed by atoms with Crippen LogP contribution in [0.3, 0.4) is 0 Å². The molecule has 3 rings (SSSR count). The van der Waals surface area contributed by atoms with Gasteiger partial charge in [-0.1, -0.05) is 29.8 Å². The standard InChI is InChI=1S/C20H23F2N/c1-15-2-4-16(5-3-15)8-9-20(10-12-23-13-11-20)18-14-17(21)6-7-19(18)22/h2-7,14,23H,8-13H2,1H3. The maximum atomic E-state index is 14.4. The minimum atomic E-state index is -0.352. The third kappa shape index (κ3) is 3.61. The van der Waals surface area contributed by atoms with E-state index in [0.29, 0.717) is 5.56 Å². The monoisotopic (exact) mass is 315 g/mol. The lowest BCUT2D eigenvalue weighted by atomic mass is 9.69. The quantitative estimate of drug-likeness (QED) is 0.874. The molecule has 1 aliphatic heterocycles. The van der Waals surface area contributed by atoms with E-state index in [1.54, 1.807) is 0 Å². The van der Waals surface area contributed by atoms with Gasteiger partial charge in [0.2, 0.25) is 0 Å². The molecule has 0 atom stereocenters. The molecule has 2 aromatic rings. The van der Waals surface area contributed by atoms with Crippen LogP contribution in [0, 0.1) is 18.6 Å². The molecule has 0 spiro atoms. The Hall–Kier alpha value is -1.74. The number of hydrogen-bond donors (Lipinski definition) is 1. The molecule has 3 heteroatoms. The van der Waals surface area contributed by atoms with Gasteiger partial charge in [0.1, 0.15) is 11.6 Å². The predicted molar refractivity (Wildman–Crippen MR) is 89.6 cm³/mol. The zero-order chi connectivity index (χ0) is 16.3. The normalized spacial score (nSPS) is 17.2. The molecule has 0 saturated carbocycles. The van der Waals surface area contributed by atoms with Gasteiger partial charge >= 0.3 is 0 Å². The smallest absolute Gasteiger partial charge is 0.127 e. The molecule has 122 valence electrons. The van der Waals surface area contributed by atoms with Crippen molar-refractivity contribution >= 4 is 0 Å². The minimum absolute atomic E-state index is 0.275. The van der Waals surface area contributed by atoms with Gasteiger partial charge in [-0.05, 0) is 75.0 Å². The van der Waals surface area contributed by atoms with Crippen LogP contribution in [-0.2, 0) is 11.8 Å². The fourth-order valence-electron chi connectivity index (χ4n) is 3.60. The lowest BCUT2D eigenvalue weighted by Crippen LogP contribution is -2.41. The maximum absolute atomic E-state index is 14.4. The van der Waals surface area contributed by atoms with Crippen LogP contribution in [0.15, 0.2) is 42.5 Å². The molecule has 0 aromatic heterocycles. The first-order chi connectivity index (χ1) is 11.1. The second kappa shape index (κ2) is 6.79. The maximum Gasteiger partial charge on any atom is 0.127 e. The van der Waals surface area contributed by atoms with Crippen LogP contribution < -0.4 is 5.32 Å². The molecular weight excluding hydrogens is 292 g/mol. The Labute approximate surface area is 136 Å². The molecule has 0 aliphatic carbocycles. The lowest BCUT2D eigenvalue weighted by Gasteiger charge is -2.38. The number of hydrogen-bond acceptors (Lipinski definition) is 1. The van der Waals surface area contributed by atoms with Crippen LogP contribution in [0.5, 0.6) is 0 Å². The Bertz CT molecular complexity index is 658. The van der Waals surface area contributed by atoms with Gasteiger partial charge < -0.3 is 5.32 Å². The summed E-state index contributed by atoms with van der Waals surface area (Å²) < 4.78 is 28.1. The molecular formula is C20H23F2N. The molecule has 2 aromatic carbocycles. The van der Waals surface area contributed by atoms with Crippen LogP contribution in [0.25, 0.3) is 0 Å². The van der Waals surface area contributed by atoms with Crippen LogP contribution in [-0.4, -0.2) is 13.1 Å². The van der Waals surface area contributed by atoms with Crippen molar-refractivity contribution in [3.05, 3.63) is 70.8 Å². The van der Waals surface area contributed by atoms with Crippen LogP contribution >= 0.6 is 0 Å². The van der Waals surface area contributed by atoms with Gasteiger partial charge in [-0.25, -0.2) is 8.78 Å². The summed E-state index contributed by atoms with van der Waals surface area (Å²) in [6.07, 6.45) is 3.42. The third-order valence-corrected chi connectivity index (χ3v) is 5.07. The summed E-state index contributed by atoms with van der Waals surface area (Å²) in [5.41, 5.74) is 2.76. The number of benzene rings is 2. The fraction of sp³-hybridized carbons (Fsp3) is 0.400. The molecule has 0 amide bonds. The second-order valence-electron chi connectivity index (χ2n) is 6.64. The fourth-order valence-corrected chi connectivity index (χ4v) is 3.60. The van der Waals surface area contributed by atoms with Gasteiger partial charge in [0.15, 0.2) is 0 Å². The molecule has 1 N–H and O–H groups in total. The van der Waals surface area contributed by atoms with Crippen LogP contribution in [0.2, 0.25) is 0 Å². The van der Waals surface area contributed by atoms with E-state index in [1.165, 1.54) is 29.3 Å². The molecule has 0 unspecified atom stereocenters. The minimum Gasteiger partial charge on any atom is -0.317 e. The highest BCUT2D eigenvalue weighted by Crippen LogP contribution is 2.39. The number of rotatable bonds is 4. The zero-order valence-electron chi connectivity index (χ0n) is 13.5. The SMILES string of the molecule is Cc1ccc(CCC2(c3cc(F)ccc3F)CCNCC2)cc1. The highest BCUT2D eigenvalue weighted by atomic mass is 19.1. The first-order valence-electron chi connectivity index (χ1n) is 8.31. The highest BCUT2D eigenvalue weighted by molar-refractivity contribution is 5.30. The van der Waals surface area contributed by atoms with E-state index in [9.17, 15) is 8.78 Å². The summed E-state index contributed by atoms with van der Waals surface area (Å²) in [5, 5.41) is 3.33. The average molecular weight is 315 g/mol. The Balaban J connectivity index is 1.87. The van der Waals surface area contributed by atoms with Crippen molar-refractivity contribution in [2.75, 3.05) is 13.1 Å². The van der Waals surface area contributed by atoms with Crippen molar-refractivity contribution in [3.63, 3.8) is 0 Å². The van der Waals surface area contributed by atoms with E-state index in [-0.39, 0.29) is 17.0 Å². The lowest BCUT2D eigenvalue weighted by molar-refractivity contribution is 0.278. The van der Waals surface area contributed by atoms with E-state index in [2.05, 4.69) is 36.5 Å². The van der Waals surface area contributed by atoms with Crippen LogP contribution in [0.4, 0.5) is 8.78 Å². The van der Waals surface area contributed by atoms with Crippen molar-refractivity contribution in [3.8, 4) is 0 Å². The van der Waals surface area contributed by atoms with Crippen molar-refractivity contribution in [1.29, 1.82) is 0 Å². The third-order valence-electron chi connectivity index (χ3n) is 5.07. The zero-order valence-corrected chi connectivity index (χ0v) is 13.5. The number of piperidine rings is 1. The molecule has 1 fully saturated rings. The summed E-state index contributed by atoms with van der Waals surface area (Å²) >= 11 is 0. The summed E-state index contributed by atoms with van der Waals surface area (Å²) in [4.78, 5) is 0. The summed E-state index contributed by atoms with van der Waals surface area (Å²) in [6.45, 7) is 3.77. The Morgan fingerprint density at radius 1 is 1.00 bits per heavy atom. The van der Waals surface area contributed by atoms with Gasteiger partial charge in [0.25, 0.3) is 0 Å². The summed E-state index contributed by atoms with van der Waals surface area (Å²) in [6, 6.07) is 12.3. The molecule has 1 heterocycles. The summed E-state index contributed by atoms with van der Waals surface area (Å²) in [5.74, 6) is -0.633. The first kappa shape index (κ1) is 16.1. The molecule has 1 saturated heterocycles. The van der Waals surface area contributed by atoms with Gasteiger partial charge in [-0.3, -0.25) is 0 Å². The summed E-state index contributed by atoms with van der Waals surface area (Å²) in [7, 11) is 0. The molecule has 0 bridgehead atoms. The highest BCUT2D eigenvalue weighted by Gasteiger charge is 2.35. The van der Waals surface area contributed by atoms with Crippen molar-refractivity contribution < 1.29 is 8.78 Å². The van der Waals surface area contributed by atoms with E-state index in [4.69, 9.17) is 0 Å². The van der Waals surface area contributed by atoms with Gasteiger partial charge in [0, 0.05) is 5.41 Å². The number of nitrogens with one attached hydrogen (secondary N) is 1. The van der Waals surface area contributed by atoms with Gasteiger partial charge in [-0.2, -0.15) is 0 Å². The number of halogens is 2. The molecule has 0 radical (unpaired) electrons. The van der Waals surface area contributed by atoms with Gasteiger partial charge in [0.05, 0.1) is 0 Å². The van der Waals surface area contributed by atoms with Gasteiger partial charge in [-0.15, -0.1) is 0 Å². The largest absolute Gasteiger partial charge is 0.317 e. The predicted octanol–water partition coefficient (Wildman–Crippen LogP) is 4.53. The molecule has 1 aliphatic rings. The Kier molecular flexibility index (Phi) is 4.76. The van der Waals surface area contributed by atoms with Crippen molar-refractivity contribution in [1.82, 2.24) is 5.32 Å². The second-order valence-corrected chi connectivity index (χ2v) is 6.64. The Morgan fingerprint density at radius 2 is 1.70 bits per heavy atom. The van der Waals surface area contributed by atoms with Crippen molar-refractivity contribution in [2.45, 2.75) is 38.0 Å². The Morgan fingerprint density at radius 3 is 2.39 bits per heavy atom. The molecule has 23 heavy (non-hydrogen) atoms. The van der Waals surface area contributed by atoms with E-state index < -0.39 is 0 Å². The van der Waals surface area contributed by atoms with Crippen LogP contribution in [0.1, 0.15) is 36.0 Å². The number of aryl methyl sites for hydroxylation is 2. The average Bonchev–Trinajstić information content (AvgIpc) is 2.57. The van der Waals surface area contributed by atoms with Crippen molar-refractivity contribution in [2.24, 2.45) is 0 Å².